The van der Waals surface area contributed by atoms with Gasteiger partial charge in [0.25, 0.3) is 0 Å². The van der Waals surface area contributed by atoms with Crippen LogP contribution in [0, 0.1) is 0 Å². The van der Waals surface area contributed by atoms with Gasteiger partial charge in [-0.2, -0.15) is 0 Å². The van der Waals surface area contributed by atoms with Gasteiger partial charge in [0.15, 0.2) is 0 Å². The molecule has 78 valence electrons. The van der Waals surface area contributed by atoms with Gasteiger partial charge in [0.2, 0.25) is 0 Å². The maximum absolute atomic E-state index is 5.77. The normalized spacial score (nSPS) is 10.5. The molecule has 2 N–H and O–H groups in total. The minimum Gasteiger partial charge on any atom is -0.397 e. The molecule has 0 aliphatic heterocycles. The lowest BCUT2D eigenvalue weighted by molar-refractivity contribution is 0.714. The number of nitrogen functional groups attached to an aromatic ring is 1. The van der Waals surface area contributed by atoms with Gasteiger partial charge in [-0.05, 0) is 6.07 Å². The topological polar surface area (TPSA) is 69.6 Å². The van der Waals surface area contributed by atoms with Gasteiger partial charge in [-0.15, -0.1) is 16.9 Å². The van der Waals surface area contributed by atoms with Crippen molar-refractivity contribution in [1.29, 1.82) is 0 Å². The molecule has 0 atom stereocenters. The van der Waals surface area contributed by atoms with Crippen molar-refractivity contribution in [2.45, 2.75) is 10.6 Å². The Morgan fingerprint density at radius 3 is 3.07 bits per heavy atom. The van der Waals surface area contributed by atoms with Gasteiger partial charge in [0.1, 0.15) is 0 Å². The largest absolute Gasteiger partial charge is 0.397 e. The summed E-state index contributed by atoms with van der Waals surface area (Å²) in [5.74, 6) is 0.766. The van der Waals surface area contributed by atoms with E-state index in [1.165, 1.54) is 0 Å². The standard InChI is InChI=1S/C9H11N5S/c1-14-5-7(12-13-14)6-15-9-2-3-11-4-8(9)10/h2-5H,6,10H2,1H3. The molecule has 0 aliphatic carbocycles. The van der Waals surface area contributed by atoms with E-state index < -0.39 is 0 Å². The molecule has 0 unspecified atom stereocenters. The van der Waals surface area contributed by atoms with E-state index in [-0.39, 0.29) is 0 Å². The lowest BCUT2D eigenvalue weighted by Crippen LogP contribution is -1.90. The SMILES string of the molecule is Cn1cc(CSc2ccncc2N)nn1. The summed E-state index contributed by atoms with van der Waals surface area (Å²) in [4.78, 5) is 4.96. The second-order valence-electron chi connectivity index (χ2n) is 3.09. The van der Waals surface area contributed by atoms with Crippen LogP contribution in [0.25, 0.3) is 0 Å². The summed E-state index contributed by atoms with van der Waals surface area (Å²) in [7, 11) is 1.85. The number of pyridine rings is 1. The van der Waals surface area contributed by atoms with E-state index in [1.54, 1.807) is 28.8 Å². The fourth-order valence-electron chi connectivity index (χ4n) is 1.14. The van der Waals surface area contributed by atoms with Crippen molar-refractivity contribution in [2.75, 3.05) is 5.73 Å². The van der Waals surface area contributed by atoms with Crippen molar-refractivity contribution < 1.29 is 0 Å². The minimum absolute atomic E-state index is 0.700. The quantitative estimate of drug-likeness (QED) is 0.785. The van der Waals surface area contributed by atoms with Gasteiger partial charge >= 0.3 is 0 Å². The van der Waals surface area contributed by atoms with Gasteiger partial charge in [0.05, 0.1) is 17.6 Å². The third-order valence-corrected chi connectivity index (χ3v) is 2.96. The van der Waals surface area contributed by atoms with E-state index in [4.69, 9.17) is 5.73 Å². The zero-order valence-corrected chi connectivity index (χ0v) is 9.11. The maximum Gasteiger partial charge on any atom is 0.0929 e. The van der Waals surface area contributed by atoms with Gasteiger partial charge in [-0.25, -0.2) is 0 Å². The van der Waals surface area contributed by atoms with E-state index in [0.717, 1.165) is 16.3 Å². The highest BCUT2D eigenvalue weighted by Gasteiger charge is 2.02. The van der Waals surface area contributed by atoms with Crippen LogP contribution in [0.1, 0.15) is 5.69 Å². The van der Waals surface area contributed by atoms with Crippen LogP contribution < -0.4 is 5.73 Å². The molecule has 6 heteroatoms. The Bertz CT molecular complexity index is 453. The van der Waals surface area contributed by atoms with Crippen molar-refractivity contribution in [2.24, 2.45) is 7.05 Å². The molecule has 0 spiro atoms. The molecular weight excluding hydrogens is 210 g/mol. The molecule has 0 aromatic carbocycles. The van der Waals surface area contributed by atoms with Crippen LogP contribution in [0.4, 0.5) is 5.69 Å². The van der Waals surface area contributed by atoms with Crippen molar-refractivity contribution in [3.05, 3.63) is 30.4 Å². The number of thioether (sulfide) groups is 1. The first kappa shape index (κ1) is 9.97. The lowest BCUT2D eigenvalue weighted by atomic mass is 10.4. The van der Waals surface area contributed by atoms with Crippen molar-refractivity contribution in [3.63, 3.8) is 0 Å². The number of hydrogen-bond donors (Lipinski definition) is 1. The Hall–Kier alpha value is -1.56. The number of aromatic nitrogens is 4. The third-order valence-electron chi connectivity index (χ3n) is 1.84. The monoisotopic (exact) mass is 221 g/mol. The summed E-state index contributed by atoms with van der Waals surface area (Å²) in [5.41, 5.74) is 7.41. The molecule has 0 fully saturated rings. The predicted molar refractivity (Wildman–Crippen MR) is 59.2 cm³/mol. The number of hydrogen-bond acceptors (Lipinski definition) is 5. The highest BCUT2D eigenvalue weighted by Crippen LogP contribution is 2.25. The molecular formula is C9H11N5S. The molecule has 0 saturated heterocycles. The van der Waals surface area contributed by atoms with Crippen LogP contribution in [0.3, 0.4) is 0 Å². The first-order chi connectivity index (χ1) is 7.25. The van der Waals surface area contributed by atoms with E-state index in [9.17, 15) is 0 Å². The zero-order valence-electron chi connectivity index (χ0n) is 8.29. The molecule has 0 radical (unpaired) electrons. The zero-order chi connectivity index (χ0) is 10.7. The second-order valence-corrected chi connectivity index (χ2v) is 4.10. The summed E-state index contributed by atoms with van der Waals surface area (Å²) in [6, 6.07) is 1.90. The van der Waals surface area contributed by atoms with Crippen LogP contribution in [0.5, 0.6) is 0 Å². The number of anilines is 1. The van der Waals surface area contributed by atoms with Crippen LogP contribution >= 0.6 is 11.8 Å². The Morgan fingerprint density at radius 1 is 1.53 bits per heavy atom. The maximum atomic E-state index is 5.77. The lowest BCUT2D eigenvalue weighted by Gasteiger charge is -2.01. The van der Waals surface area contributed by atoms with Gasteiger partial charge in [-0.3, -0.25) is 9.67 Å². The Balaban J connectivity index is 2.02. The number of nitrogens with two attached hydrogens (primary N) is 1. The summed E-state index contributed by atoms with van der Waals surface area (Å²) in [6.07, 6.45) is 5.28. The van der Waals surface area contributed by atoms with E-state index in [0.29, 0.717) is 5.69 Å². The Morgan fingerprint density at radius 2 is 2.40 bits per heavy atom. The molecule has 2 aromatic heterocycles. The molecule has 2 aromatic rings. The van der Waals surface area contributed by atoms with Crippen LogP contribution in [-0.4, -0.2) is 20.0 Å². The fraction of sp³-hybridized carbons (Fsp3) is 0.222. The molecule has 15 heavy (non-hydrogen) atoms. The molecule has 0 amide bonds. The number of rotatable bonds is 3. The van der Waals surface area contributed by atoms with E-state index >= 15 is 0 Å². The first-order valence-corrected chi connectivity index (χ1v) is 5.42. The Kier molecular flexibility index (Phi) is 2.86. The van der Waals surface area contributed by atoms with Crippen LogP contribution in [0.2, 0.25) is 0 Å². The minimum atomic E-state index is 0.700. The molecule has 0 aliphatic rings. The molecule has 2 rings (SSSR count). The summed E-state index contributed by atoms with van der Waals surface area (Å²) in [6.45, 7) is 0. The highest BCUT2D eigenvalue weighted by atomic mass is 32.2. The third kappa shape index (κ3) is 2.47. The highest BCUT2D eigenvalue weighted by molar-refractivity contribution is 7.98. The smallest absolute Gasteiger partial charge is 0.0929 e. The van der Waals surface area contributed by atoms with Gasteiger partial charge < -0.3 is 5.73 Å². The van der Waals surface area contributed by atoms with Gasteiger partial charge in [-0.1, -0.05) is 5.21 Å². The van der Waals surface area contributed by atoms with E-state index in [2.05, 4.69) is 15.3 Å². The molecule has 2 heterocycles. The average Bonchev–Trinajstić information content (AvgIpc) is 2.63. The summed E-state index contributed by atoms with van der Waals surface area (Å²) < 4.78 is 1.69. The van der Waals surface area contributed by atoms with Crippen molar-refractivity contribution >= 4 is 17.4 Å². The molecule has 0 bridgehead atoms. The predicted octanol–water partition coefficient (Wildman–Crippen LogP) is 1.08. The average molecular weight is 221 g/mol. The fourth-order valence-corrected chi connectivity index (χ4v) is 1.95. The molecule has 0 saturated carbocycles. The van der Waals surface area contributed by atoms with E-state index in [1.807, 2.05) is 19.3 Å². The number of aryl methyl sites for hydroxylation is 1. The van der Waals surface area contributed by atoms with Crippen LogP contribution in [0.15, 0.2) is 29.6 Å². The first-order valence-electron chi connectivity index (χ1n) is 4.43. The van der Waals surface area contributed by atoms with Crippen LogP contribution in [-0.2, 0) is 12.8 Å². The summed E-state index contributed by atoms with van der Waals surface area (Å²) >= 11 is 1.63. The number of nitrogens with zero attached hydrogens (tertiary/aromatic N) is 4. The Labute approximate surface area is 91.7 Å². The van der Waals surface area contributed by atoms with Crippen molar-refractivity contribution in [1.82, 2.24) is 20.0 Å². The second kappa shape index (κ2) is 4.31. The van der Waals surface area contributed by atoms with Crippen molar-refractivity contribution in [3.8, 4) is 0 Å². The summed E-state index contributed by atoms with van der Waals surface area (Å²) in [5, 5.41) is 7.86. The molecule has 5 nitrogen and oxygen atoms in total. The van der Waals surface area contributed by atoms with Gasteiger partial charge in [0, 0.05) is 30.1 Å².